The first kappa shape index (κ1) is 44.3. The van der Waals surface area contributed by atoms with Gasteiger partial charge in [-0.05, 0) is 36.5 Å². The molecule has 3 fully saturated rings. The molecule has 17 nitrogen and oxygen atoms in total. The van der Waals surface area contributed by atoms with Crippen LogP contribution in [0.5, 0.6) is 5.75 Å². The molecule has 3 saturated heterocycles. The van der Waals surface area contributed by atoms with Crippen molar-refractivity contribution < 1.29 is 88.7 Å². The van der Waals surface area contributed by atoms with Crippen LogP contribution in [0.1, 0.15) is 50.2 Å². The van der Waals surface area contributed by atoms with E-state index in [1.807, 2.05) is 6.92 Å². The molecule has 0 aliphatic carbocycles. The van der Waals surface area contributed by atoms with Gasteiger partial charge in [-0.15, -0.1) is 12.3 Å². The van der Waals surface area contributed by atoms with Crippen molar-refractivity contribution in [1.82, 2.24) is 0 Å². The smallest absolute Gasteiger partial charge is 0.229 e. The number of halogens is 1. The first-order valence-electron chi connectivity index (χ1n) is 18.0. The minimum Gasteiger partial charge on any atom is -0.462 e. The zero-order chi connectivity index (χ0) is 39.7. The number of rotatable bonds is 18. The van der Waals surface area contributed by atoms with Gasteiger partial charge in [0.05, 0.1) is 19.8 Å². The number of ether oxygens (including phenoxy) is 6. The van der Waals surface area contributed by atoms with Crippen LogP contribution in [0.15, 0.2) is 18.2 Å². The second kappa shape index (κ2) is 20.7. The largest absolute Gasteiger partial charge is 0.462 e. The molecule has 18 heteroatoms. The SMILES string of the molecule is C#CCC(CC(=O)CCCC)Cc1ccc(O[C@@H]2OC(CO)[C@@H](O[C@H]3OC(CO)[C@@H](O[C@H]4OC(CO)[C@@H](O)[C@H](O)C4O)[C@H](O)C3O)[C@H](O)C2O)c(CF)c1. The zero-order valence-corrected chi connectivity index (χ0v) is 29.8. The number of aliphatic hydroxyl groups excluding tert-OH is 10. The Morgan fingerprint density at radius 1 is 0.796 bits per heavy atom. The standard InChI is InChI=1S/C36H53FO17/c1-3-5-7-20(41)12-17(6-4-2)10-18-8-9-21(19(11-18)13-37)49-34-30(47)27(44)32(23(15-39)51-34)54-36-31(48)28(45)33(24(16-40)52-36)53-35-29(46)26(43)25(42)22(14-38)50-35/h2,8-9,11,17,22-36,38-40,42-48H,3,5-7,10,12-16H2,1H3/t17?,22?,23?,24?,25-,26+,27-,28-,29?,30?,31?,32-,33-,34-,35-,36-/m1/s1. The fraction of sp³-hybridized carbons (Fsp3) is 0.750. The van der Waals surface area contributed by atoms with Crippen molar-refractivity contribution in [2.75, 3.05) is 19.8 Å². The first-order valence-corrected chi connectivity index (χ1v) is 18.0. The fourth-order valence-electron chi connectivity index (χ4n) is 6.76. The van der Waals surface area contributed by atoms with Gasteiger partial charge < -0.3 is 79.5 Å². The maximum atomic E-state index is 14.3. The highest BCUT2D eigenvalue weighted by atomic mass is 19.1. The molecule has 306 valence electrons. The maximum Gasteiger partial charge on any atom is 0.229 e. The highest BCUT2D eigenvalue weighted by molar-refractivity contribution is 5.78. The summed E-state index contributed by atoms with van der Waals surface area (Å²) in [7, 11) is 0. The van der Waals surface area contributed by atoms with Gasteiger partial charge in [0.15, 0.2) is 12.6 Å². The third kappa shape index (κ3) is 10.5. The summed E-state index contributed by atoms with van der Waals surface area (Å²) in [6.07, 6.45) is -17.2. The predicted molar refractivity (Wildman–Crippen MR) is 181 cm³/mol. The van der Waals surface area contributed by atoms with E-state index < -0.39 is 119 Å². The fourth-order valence-corrected chi connectivity index (χ4v) is 6.76. The molecular formula is C36H53FO17. The number of carbonyl (C=O) groups is 1. The Hall–Kier alpha value is -2.42. The van der Waals surface area contributed by atoms with Crippen LogP contribution in [0, 0.1) is 18.3 Å². The number of aliphatic hydroxyl groups is 10. The topological polar surface area (TPSA) is 275 Å². The summed E-state index contributed by atoms with van der Waals surface area (Å²) in [5.41, 5.74) is 0.775. The van der Waals surface area contributed by atoms with Crippen LogP contribution in [0.4, 0.5) is 4.39 Å². The van der Waals surface area contributed by atoms with Crippen molar-refractivity contribution in [1.29, 1.82) is 0 Å². The minimum absolute atomic E-state index is 0.0357. The molecule has 1 aromatic rings. The second-order valence-corrected chi connectivity index (χ2v) is 13.8. The Morgan fingerprint density at radius 2 is 1.33 bits per heavy atom. The van der Waals surface area contributed by atoms with E-state index in [0.29, 0.717) is 24.8 Å². The zero-order valence-electron chi connectivity index (χ0n) is 29.8. The minimum atomic E-state index is -1.99. The van der Waals surface area contributed by atoms with Crippen LogP contribution in [-0.2, 0) is 41.6 Å². The van der Waals surface area contributed by atoms with Gasteiger partial charge in [-0.1, -0.05) is 19.4 Å². The molecule has 0 spiro atoms. The lowest BCUT2D eigenvalue weighted by molar-refractivity contribution is -0.376. The molecule has 16 atom stereocenters. The molecule has 7 unspecified atom stereocenters. The lowest BCUT2D eigenvalue weighted by atomic mass is 9.90. The number of carbonyl (C=O) groups excluding carboxylic acids is 1. The molecular weight excluding hydrogens is 723 g/mol. The van der Waals surface area contributed by atoms with Crippen LogP contribution in [-0.4, -0.2) is 169 Å². The van der Waals surface area contributed by atoms with Crippen molar-refractivity contribution in [3.8, 4) is 18.1 Å². The molecule has 1 aromatic carbocycles. The van der Waals surface area contributed by atoms with Gasteiger partial charge in [0.25, 0.3) is 0 Å². The third-order valence-corrected chi connectivity index (χ3v) is 9.84. The number of hydrogen-bond donors (Lipinski definition) is 10. The number of ketones is 1. The molecule has 4 rings (SSSR count). The summed E-state index contributed by atoms with van der Waals surface area (Å²) < 4.78 is 47.8. The lowest BCUT2D eigenvalue weighted by Crippen LogP contribution is -2.66. The van der Waals surface area contributed by atoms with E-state index in [0.717, 1.165) is 12.8 Å². The number of Topliss-reactive ketones (excluding diaryl/α,β-unsaturated/α-hetero) is 1. The number of hydrogen-bond acceptors (Lipinski definition) is 17. The van der Waals surface area contributed by atoms with Crippen LogP contribution in [0.3, 0.4) is 0 Å². The Balaban J connectivity index is 1.41. The molecule has 0 radical (unpaired) electrons. The van der Waals surface area contributed by atoms with Crippen LogP contribution < -0.4 is 4.74 Å². The molecule has 0 bridgehead atoms. The monoisotopic (exact) mass is 776 g/mol. The van der Waals surface area contributed by atoms with Crippen molar-refractivity contribution in [2.45, 2.75) is 144 Å². The molecule has 3 heterocycles. The summed E-state index contributed by atoms with van der Waals surface area (Å²) in [6, 6.07) is 4.63. The normalized spacial score (nSPS) is 37.7. The third-order valence-electron chi connectivity index (χ3n) is 9.84. The summed E-state index contributed by atoms with van der Waals surface area (Å²) in [5, 5.41) is 104. The molecule has 3 aliphatic heterocycles. The van der Waals surface area contributed by atoms with Gasteiger partial charge in [0, 0.05) is 24.8 Å². The Labute approximate surface area is 311 Å². The summed E-state index contributed by atoms with van der Waals surface area (Å²) in [6.45, 7) is -1.45. The van der Waals surface area contributed by atoms with Gasteiger partial charge >= 0.3 is 0 Å². The number of terminal acetylenes is 1. The highest BCUT2D eigenvalue weighted by Gasteiger charge is 2.53. The average Bonchev–Trinajstić information content (AvgIpc) is 3.16. The molecule has 3 aliphatic rings. The van der Waals surface area contributed by atoms with E-state index in [-0.39, 0.29) is 29.4 Å². The second-order valence-electron chi connectivity index (χ2n) is 13.8. The van der Waals surface area contributed by atoms with E-state index in [1.165, 1.54) is 12.1 Å². The van der Waals surface area contributed by atoms with Gasteiger partial charge in [0.1, 0.15) is 91.5 Å². The van der Waals surface area contributed by atoms with E-state index in [9.17, 15) is 60.3 Å². The quantitative estimate of drug-likeness (QED) is 0.0680. The van der Waals surface area contributed by atoms with E-state index in [4.69, 9.17) is 34.8 Å². The Bertz CT molecular complexity index is 1360. The van der Waals surface area contributed by atoms with Crippen LogP contribution in [0.25, 0.3) is 0 Å². The maximum absolute atomic E-state index is 14.3. The van der Waals surface area contributed by atoms with Crippen LogP contribution >= 0.6 is 0 Å². The number of alkyl halides is 1. The van der Waals surface area contributed by atoms with E-state index >= 15 is 0 Å². The molecule has 10 N–H and O–H groups in total. The Morgan fingerprint density at radius 3 is 1.87 bits per heavy atom. The lowest BCUT2D eigenvalue weighted by Gasteiger charge is -2.48. The van der Waals surface area contributed by atoms with Crippen LogP contribution in [0.2, 0.25) is 0 Å². The van der Waals surface area contributed by atoms with Crippen molar-refractivity contribution in [3.63, 3.8) is 0 Å². The molecule has 0 aromatic heterocycles. The highest BCUT2D eigenvalue weighted by Crippen LogP contribution is 2.34. The number of unbranched alkanes of at least 4 members (excludes halogenated alkanes) is 1. The van der Waals surface area contributed by atoms with Gasteiger partial charge in [-0.25, -0.2) is 4.39 Å². The summed E-state index contributed by atoms with van der Waals surface area (Å²) in [5.74, 6) is 2.50. The molecule has 0 saturated carbocycles. The van der Waals surface area contributed by atoms with E-state index in [1.54, 1.807) is 6.07 Å². The first-order chi connectivity index (χ1) is 25.8. The van der Waals surface area contributed by atoms with Gasteiger partial charge in [-0.3, -0.25) is 4.79 Å². The Kier molecular flexibility index (Phi) is 16.9. The molecule has 0 amide bonds. The average molecular weight is 777 g/mol. The van der Waals surface area contributed by atoms with Gasteiger partial charge in [-0.2, -0.15) is 0 Å². The number of benzene rings is 1. The van der Waals surface area contributed by atoms with Crippen molar-refractivity contribution in [3.05, 3.63) is 29.3 Å². The van der Waals surface area contributed by atoms with Crippen molar-refractivity contribution >= 4 is 5.78 Å². The van der Waals surface area contributed by atoms with Crippen molar-refractivity contribution in [2.24, 2.45) is 5.92 Å². The molecule has 54 heavy (non-hydrogen) atoms. The van der Waals surface area contributed by atoms with E-state index in [2.05, 4.69) is 5.92 Å². The summed E-state index contributed by atoms with van der Waals surface area (Å²) >= 11 is 0. The van der Waals surface area contributed by atoms with Gasteiger partial charge in [0.2, 0.25) is 6.29 Å². The predicted octanol–water partition coefficient (Wildman–Crippen LogP) is -2.69. The summed E-state index contributed by atoms with van der Waals surface area (Å²) in [4.78, 5) is 12.4.